The Balaban J connectivity index is 1.91. The Morgan fingerprint density at radius 1 is 1.37 bits per heavy atom. The molecule has 0 bridgehead atoms. The zero-order chi connectivity index (χ0) is 13.2. The summed E-state index contributed by atoms with van der Waals surface area (Å²) < 4.78 is 1.92. The predicted molar refractivity (Wildman–Crippen MR) is 74.0 cm³/mol. The minimum atomic E-state index is 0.367. The Labute approximate surface area is 112 Å². The van der Waals surface area contributed by atoms with Crippen molar-refractivity contribution in [2.45, 2.75) is 44.7 Å². The Kier molecular flexibility index (Phi) is 3.33. The van der Waals surface area contributed by atoms with Crippen molar-refractivity contribution in [1.29, 1.82) is 0 Å². The second-order valence-corrected chi connectivity index (χ2v) is 5.17. The highest BCUT2D eigenvalue weighted by Gasteiger charge is 2.25. The Bertz CT molecular complexity index is 543. The molecule has 1 saturated carbocycles. The maximum atomic E-state index is 5.99. The van der Waals surface area contributed by atoms with Crippen LogP contribution in [0.3, 0.4) is 0 Å². The van der Waals surface area contributed by atoms with E-state index in [0.29, 0.717) is 12.1 Å². The van der Waals surface area contributed by atoms with Crippen LogP contribution in [0.25, 0.3) is 5.65 Å². The number of nitrogens with zero attached hydrogens (tertiary/aromatic N) is 5. The number of nitrogens with two attached hydrogens (primary N) is 1. The molecule has 2 heterocycles. The monoisotopic (exact) mass is 260 g/mol. The van der Waals surface area contributed by atoms with Crippen LogP contribution in [0.15, 0.2) is 18.7 Å². The molecule has 6 heteroatoms. The summed E-state index contributed by atoms with van der Waals surface area (Å²) in [7, 11) is 0. The first-order valence-electron chi connectivity index (χ1n) is 6.96. The third kappa shape index (κ3) is 2.28. The quantitative estimate of drug-likeness (QED) is 0.898. The van der Waals surface area contributed by atoms with Crippen LogP contribution in [0, 0.1) is 0 Å². The summed E-state index contributed by atoms with van der Waals surface area (Å²) in [6.45, 7) is 3.09. The first kappa shape index (κ1) is 12.3. The summed E-state index contributed by atoms with van der Waals surface area (Å²) in [5.74, 6) is 0.933. The predicted octanol–water partition coefficient (Wildman–Crippen LogP) is 1.22. The van der Waals surface area contributed by atoms with Crippen LogP contribution < -0.4 is 10.6 Å². The zero-order valence-electron chi connectivity index (χ0n) is 11.2. The second kappa shape index (κ2) is 5.13. The topological polar surface area (TPSA) is 72.3 Å². The Hall–Kier alpha value is -1.69. The largest absolute Gasteiger partial charge is 0.351 e. The fraction of sp³-hybridized carbons (Fsp3) is 0.615. The van der Waals surface area contributed by atoms with Crippen molar-refractivity contribution >= 4 is 11.5 Å². The first-order valence-corrected chi connectivity index (χ1v) is 6.96. The van der Waals surface area contributed by atoms with Crippen LogP contribution in [0.2, 0.25) is 0 Å². The third-order valence-electron chi connectivity index (χ3n) is 3.99. The minimum absolute atomic E-state index is 0.367. The van der Waals surface area contributed by atoms with Gasteiger partial charge in [0.05, 0.1) is 0 Å². The van der Waals surface area contributed by atoms with Gasteiger partial charge in [0, 0.05) is 31.0 Å². The van der Waals surface area contributed by atoms with Crippen molar-refractivity contribution < 1.29 is 0 Å². The van der Waals surface area contributed by atoms with Gasteiger partial charge in [-0.3, -0.25) is 4.40 Å². The number of hydrogen-bond acceptors (Lipinski definition) is 5. The van der Waals surface area contributed by atoms with Crippen LogP contribution in [-0.2, 0) is 0 Å². The maximum absolute atomic E-state index is 5.99. The fourth-order valence-corrected chi connectivity index (χ4v) is 2.94. The SMILES string of the molecule is CCN(c1nccn2cnnc12)C1CCC(N)CC1. The molecule has 19 heavy (non-hydrogen) atoms. The molecule has 2 aromatic rings. The van der Waals surface area contributed by atoms with E-state index >= 15 is 0 Å². The van der Waals surface area contributed by atoms with Gasteiger partial charge in [-0.1, -0.05) is 0 Å². The molecule has 0 spiro atoms. The van der Waals surface area contributed by atoms with E-state index in [-0.39, 0.29) is 0 Å². The van der Waals surface area contributed by atoms with Gasteiger partial charge in [0.15, 0.2) is 5.82 Å². The van der Waals surface area contributed by atoms with E-state index in [1.165, 1.54) is 0 Å². The van der Waals surface area contributed by atoms with Gasteiger partial charge < -0.3 is 10.6 Å². The van der Waals surface area contributed by atoms with Gasteiger partial charge in [0.1, 0.15) is 6.33 Å². The molecule has 1 fully saturated rings. The van der Waals surface area contributed by atoms with Crippen LogP contribution in [0.4, 0.5) is 5.82 Å². The maximum Gasteiger partial charge on any atom is 0.203 e. The number of fused-ring (bicyclic) bond motifs is 1. The fourth-order valence-electron chi connectivity index (χ4n) is 2.94. The van der Waals surface area contributed by atoms with Gasteiger partial charge in [0.25, 0.3) is 0 Å². The number of anilines is 1. The van der Waals surface area contributed by atoms with Gasteiger partial charge in [-0.05, 0) is 32.6 Å². The van der Waals surface area contributed by atoms with E-state index in [0.717, 1.165) is 43.7 Å². The summed E-state index contributed by atoms with van der Waals surface area (Å²) in [6, 6.07) is 0.881. The van der Waals surface area contributed by atoms with Gasteiger partial charge in [-0.2, -0.15) is 0 Å². The number of aromatic nitrogens is 4. The summed E-state index contributed by atoms with van der Waals surface area (Å²) in [5, 5.41) is 8.14. The molecule has 0 unspecified atom stereocenters. The lowest BCUT2D eigenvalue weighted by molar-refractivity contribution is 0.377. The molecule has 0 radical (unpaired) electrons. The first-order chi connectivity index (χ1) is 9.29. The lowest BCUT2D eigenvalue weighted by Crippen LogP contribution is -2.41. The van der Waals surface area contributed by atoms with Crippen molar-refractivity contribution in [2.24, 2.45) is 5.73 Å². The molecule has 102 valence electrons. The summed E-state index contributed by atoms with van der Waals surface area (Å²) >= 11 is 0. The summed E-state index contributed by atoms with van der Waals surface area (Å²) in [4.78, 5) is 6.86. The average molecular weight is 260 g/mol. The molecule has 0 aliphatic heterocycles. The molecule has 0 aromatic carbocycles. The molecular weight excluding hydrogens is 240 g/mol. The van der Waals surface area contributed by atoms with Gasteiger partial charge >= 0.3 is 0 Å². The molecule has 6 nitrogen and oxygen atoms in total. The van der Waals surface area contributed by atoms with Crippen LogP contribution in [0.1, 0.15) is 32.6 Å². The lowest BCUT2D eigenvalue weighted by atomic mass is 9.91. The lowest BCUT2D eigenvalue weighted by Gasteiger charge is -2.36. The average Bonchev–Trinajstić information content (AvgIpc) is 2.91. The molecule has 0 saturated heterocycles. The van der Waals surface area contributed by atoms with Gasteiger partial charge in [-0.15, -0.1) is 10.2 Å². The van der Waals surface area contributed by atoms with E-state index in [1.807, 2.05) is 16.8 Å². The molecule has 0 atom stereocenters. The van der Waals surface area contributed by atoms with E-state index in [9.17, 15) is 0 Å². The molecule has 2 aromatic heterocycles. The Morgan fingerprint density at radius 3 is 2.89 bits per heavy atom. The van der Waals surface area contributed by atoms with Crippen molar-refractivity contribution in [3.63, 3.8) is 0 Å². The zero-order valence-corrected chi connectivity index (χ0v) is 11.2. The van der Waals surface area contributed by atoms with Crippen LogP contribution in [-0.4, -0.2) is 38.2 Å². The molecule has 3 rings (SSSR count). The van der Waals surface area contributed by atoms with E-state index < -0.39 is 0 Å². The molecular formula is C13H20N6. The van der Waals surface area contributed by atoms with Gasteiger partial charge in [0.2, 0.25) is 5.65 Å². The van der Waals surface area contributed by atoms with Crippen molar-refractivity contribution in [1.82, 2.24) is 19.6 Å². The van der Waals surface area contributed by atoms with E-state index in [1.54, 1.807) is 6.33 Å². The number of rotatable bonds is 3. The highest BCUT2D eigenvalue weighted by molar-refractivity contribution is 5.63. The van der Waals surface area contributed by atoms with E-state index in [2.05, 4.69) is 27.0 Å². The molecule has 1 aliphatic rings. The van der Waals surface area contributed by atoms with Crippen molar-refractivity contribution in [3.05, 3.63) is 18.7 Å². The molecule has 1 aliphatic carbocycles. The van der Waals surface area contributed by atoms with Crippen LogP contribution >= 0.6 is 0 Å². The Morgan fingerprint density at radius 2 is 2.16 bits per heavy atom. The second-order valence-electron chi connectivity index (χ2n) is 5.17. The number of hydrogen-bond donors (Lipinski definition) is 1. The summed E-state index contributed by atoms with van der Waals surface area (Å²) in [6.07, 6.45) is 9.85. The van der Waals surface area contributed by atoms with Crippen molar-refractivity contribution in [2.75, 3.05) is 11.4 Å². The van der Waals surface area contributed by atoms with E-state index in [4.69, 9.17) is 5.73 Å². The van der Waals surface area contributed by atoms with Crippen molar-refractivity contribution in [3.8, 4) is 0 Å². The van der Waals surface area contributed by atoms with Crippen LogP contribution in [0.5, 0.6) is 0 Å². The molecule has 2 N–H and O–H groups in total. The summed E-state index contributed by atoms with van der Waals surface area (Å²) in [5.41, 5.74) is 6.82. The standard InChI is InChI=1S/C13H20N6/c1-2-19(11-5-3-10(14)4-6-11)12-13-17-16-9-18(13)8-7-15-12/h7-11H,2-6,14H2,1H3. The third-order valence-corrected chi connectivity index (χ3v) is 3.99. The highest BCUT2D eigenvalue weighted by atomic mass is 15.3. The molecule has 0 amide bonds. The minimum Gasteiger partial charge on any atom is -0.351 e. The highest BCUT2D eigenvalue weighted by Crippen LogP contribution is 2.27. The normalized spacial score (nSPS) is 23.7. The van der Waals surface area contributed by atoms with Gasteiger partial charge in [-0.25, -0.2) is 4.98 Å². The smallest absolute Gasteiger partial charge is 0.203 e.